The molecule has 4 aliphatic heterocycles. The Hall–Kier alpha value is -1.92. The number of carbonyl (C=O) groups excluding carboxylic acids is 3. The molecule has 3 fully saturated rings. The van der Waals surface area contributed by atoms with Crippen LogP contribution in [0.5, 0.6) is 0 Å². The highest BCUT2D eigenvalue weighted by Gasteiger charge is 2.48. The van der Waals surface area contributed by atoms with E-state index in [1.165, 1.54) is 5.17 Å². The molecule has 2 N–H and O–H groups in total. The van der Waals surface area contributed by atoms with Crippen molar-refractivity contribution in [3.63, 3.8) is 0 Å². The van der Waals surface area contributed by atoms with Gasteiger partial charge in [-0.3, -0.25) is 19.5 Å². The Morgan fingerprint density at radius 2 is 1.97 bits per heavy atom. The predicted octanol–water partition coefficient (Wildman–Crippen LogP) is 1.25. The molecule has 0 bridgehead atoms. The van der Waals surface area contributed by atoms with Crippen molar-refractivity contribution < 1.29 is 37.9 Å². The summed E-state index contributed by atoms with van der Waals surface area (Å²) in [5.74, 6) is -1.04. The Kier molecular flexibility index (Phi) is 7.92. The van der Waals surface area contributed by atoms with Crippen LogP contribution >= 0.6 is 23.5 Å². The molecule has 0 amide bonds. The monoisotopic (exact) mass is 528 g/mol. The second-order valence-corrected chi connectivity index (χ2v) is 12.6. The maximum atomic E-state index is 13.1. The van der Waals surface area contributed by atoms with Gasteiger partial charge in [-0.1, -0.05) is 6.92 Å². The minimum absolute atomic E-state index is 0.0660. The third kappa shape index (κ3) is 5.75. The van der Waals surface area contributed by atoms with E-state index in [0.717, 1.165) is 30.3 Å². The number of ether oxygens (including phenoxy) is 4. The maximum Gasteiger partial charge on any atom is 0.358 e. The zero-order chi connectivity index (χ0) is 25.3. The highest BCUT2D eigenvalue weighted by molar-refractivity contribution is 8.14. The molecule has 0 spiro atoms. The van der Waals surface area contributed by atoms with Gasteiger partial charge in [0, 0.05) is 22.6 Å². The Labute approximate surface area is 213 Å². The zero-order valence-corrected chi connectivity index (χ0v) is 22.4. The summed E-state index contributed by atoms with van der Waals surface area (Å²) in [4.78, 5) is 38.5. The quantitative estimate of drug-likeness (QED) is 0.295. The molecule has 4 aliphatic rings. The molecule has 4 rings (SSSR count). The number of nitrogens with one attached hydrogen (secondary N) is 2. The number of esters is 3. The molecule has 0 saturated carbocycles. The van der Waals surface area contributed by atoms with Gasteiger partial charge in [-0.15, -0.1) is 11.8 Å². The van der Waals surface area contributed by atoms with E-state index in [0.29, 0.717) is 10.9 Å². The van der Waals surface area contributed by atoms with Crippen molar-refractivity contribution in [2.45, 2.75) is 52.0 Å². The summed E-state index contributed by atoms with van der Waals surface area (Å²) in [5, 5.41) is 8.15. The molecule has 0 radical (unpaired) electrons. The topological polar surface area (TPSA) is 115 Å². The van der Waals surface area contributed by atoms with E-state index in [1.807, 2.05) is 25.6 Å². The smallest absolute Gasteiger partial charge is 0.358 e. The van der Waals surface area contributed by atoms with Gasteiger partial charge in [0.05, 0.1) is 23.3 Å². The van der Waals surface area contributed by atoms with Gasteiger partial charge in [0.15, 0.2) is 6.79 Å². The maximum absolute atomic E-state index is 13.1. The number of hydrogen-bond donors (Lipinski definition) is 2. The van der Waals surface area contributed by atoms with Gasteiger partial charge >= 0.3 is 23.1 Å². The number of carbonyl (C=O) groups is 3. The molecule has 12 heteroatoms. The first-order valence-electron chi connectivity index (χ1n) is 11.8. The third-order valence-electron chi connectivity index (χ3n) is 6.45. The molecule has 3 saturated heterocycles. The highest BCUT2D eigenvalue weighted by Crippen LogP contribution is 2.43. The summed E-state index contributed by atoms with van der Waals surface area (Å²) in [7, 11) is 0. The molecular weight excluding hydrogens is 494 g/mol. The van der Waals surface area contributed by atoms with E-state index in [9.17, 15) is 14.4 Å². The van der Waals surface area contributed by atoms with Crippen molar-refractivity contribution >= 4 is 46.6 Å². The first-order chi connectivity index (χ1) is 16.6. The summed E-state index contributed by atoms with van der Waals surface area (Å²) >= 11 is 3.47. The molecule has 4 unspecified atom stereocenters. The normalized spacial score (nSPS) is 30.9. The van der Waals surface area contributed by atoms with Crippen LogP contribution in [0.1, 0.15) is 34.6 Å². The second-order valence-electron chi connectivity index (χ2n) is 10.1. The van der Waals surface area contributed by atoms with Crippen molar-refractivity contribution in [3.05, 3.63) is 10.6 Å². The Balaban J connectivity index is 1.47. The fraction of sp³-hybridized carbons (Fsp3) is 0.739. The number of cyclic esters (lactones) is 1. The SMILES string of the molecule is CC1OCOC(=O)C1C1NC(C(=O)OCOC(=O)C(C)(C)C)=C(SC2C[N+](=C3NCCS3)C2)C1C. The number of thioether (sulfide) groups is 2. The van der Waals surface area contributed by atoms with Gasteiger partial charge in [-0.25, -0.2) is 4.79 Å². The van der Waals surface area contributed by atoms with Crippen LogP contribution in [0.25, 0.3) is 0 Å². The van der Waals surface area contributed by atoms with E-state index in [1.54, 1.807) is 32.5 Å². The van der Waals surface area contributed by atoms with E-state index in [-0.39, 0.29) is 30.8 Å². The molecular formula is C23H34N3O7S2+. The van der Waals surface area contributed by atoms with Crippen molar-refractivity contribution in [1.29, 1.82) is 0 Å². The number of hydrogen-bond acceptors (Lipinski definition) is 10. The summed E-state index contributed by atoms with van der Waals surface area (Å²) in [5.41, 5.74) is -0.389. The van der Waals surface area contributed by atoms with Crippen molar-refractivity contribution in [2.24, 2.45) is 17.3 Å². The van der Waals surface area contributed by atoms with Crippen LogP contribution in [0, 0.1) is 17.3 Å². The Bertz CT molecular complexity index is 930. The third-order valence-corrected chi connectivity index (χ3v) is 8.99. The lowest BCUT2D eigenvalue weighted by molar-refractivity contribution is -0.578. The van der Waals surface area contributed by atoms with Crippen LogP contribution in [0.2, 0.25) is 0 Å². The van der Waals surface area contributed by atoms with Gasteiger partial charge < -0.3 is 24.3 Å². The molecule has 0 aromatic heterocycles. The van der Waals surface area contributed by atoms with Crippen molar-refractivity contribution in [2.75, 3.05) is 39.0 Å². The van der Waals surface area contributed by atoms with Crippen LogP contribution in [0.4, 0.5) is 0 Å². The van der Waals surface area contributed by atoms with Crippen LogP contribution in [-0.2, 0) is 33.3 Å². The van der Waals surface area contributed by atoms with E-state index in [4.69, 9.17) is 18.9 Å². The average Bonchev–Trinajstić information content (AvgIpc) is 3.38. The molecule has 4 heterocycles. The van der Waals surface area contributed by atoms with Crippen molar-refractivity contribution in [1.82, 2.24) is 10.6 Å². The Morgan fingerprint density at radius 3 is 2.60 bits per heavy atom. The molecule has 0 aliphatic carbocycles. The predicted molar refractivity (Wildman–Crippen MR) is 131 cm³/mol. The van der Waals surface area contributed by atoms with Gasteiger partial charge in [-0.2, -0.15) is 0 Å². The van der Waals surface area contributed by atoms with Crippen LogP contribution in [-0.4, -0.2) is 84.0 Å². The standard InChI is InChI=1S/C23H33N3O7S2/c1-12-16(15-13(2)30-10-31-19(15)27)25-17(20(28)32-11-33-21(29)23(3,4)5)18(12)35-14-8-26(9-14)22-24-6-7-34-22/h12-16,25H,6-11H2,1-5H3/p+1. The summed E-state index contributed by atoms with van der Waals surface area (Å²) in [6.45, 7) is 11.2. The molecule has 0 aromatic rings. The molecule has 0 aromatic carbocycles. The highest BCUT2D eigenvalue weighted by atomic mass is 32.2. The van der Waals surface area contributed by atoms with Crippen molar-refractivity contribution in [3.8, 4) is 0 Å². The van der Waals surface area contributed by atoms with Gasteiger partial charge in [-0.05, 0) is 39.5 Å². The lowest BCUT2D eigenvalue weighted by Crippen LogP contribution is -2.50. The summed E-state index contributed by atoms with van der Waals surface area (Å²) < 4.78 is 23.4. The van der Waals surface area contributed by atoms with Gasteiger partial charge in [0.2, 0.25) is 6.79 Å². The first-order valence-corrected chi connectivity index (χ1v) is 13.7. The van der Waals surface area contributed by atoms with Crippen LogP contribution < -0.4 is 10.6 Å². The minimum Gasteiger partial charge on any atom is -0.438 e. The molecule has 194 valence electrons. The fourth-order valence-electron chi connectivity index (χ4n) is 4.35. The van der Waals surface area contributed by atoms with Gasteiger partial charge in [0.1, 0.15) is 24.7 Å². The second kappa shape index (κ2) is 10.6. The number of rotatable bonds is 6. The summed E-state index contributed by atoms with van der Waals surface area (Å²) in [6, 6.07) is -0.377. The first kappa shape index (κ1) is 26.2. The largest absolute Gasteiger partial charge is 0.438 e. The van der Waals surface area contributed by atoms with E-state index < -0.39 is 30.1 Å². The summed E-state index contributed by atoms with van der Waals surface area (Å²) in [6.07, 6.45) is -0.355. The molecule has 35 heavy (non-hydrogen) atoms. The zero-order valence-electron chi connectivity index (χ0n) is 20.8. The van der Waals surface area contributed by atoms with Crippen LogP contribution in [0.15, 0.2) is 10.6 Å². The number of nitrogens with zero attached hydrogens (tertiary/aromatic N) is 1. The minimum atomic E-state index is -0.698. The van der Waals surface area contributed by atoms with Crippen LogP contribution in [0.3, 0.4) is 0 Å². The lowest BCUT2D eigenvalue weighted by Gasteiger charge is -2.34. The lowest BCUT2D eigenvalue weighted by atomic mass is 9.87. The average molecular weight is 529 g/mol. The number of amidine groups is 1. The molecule has 10 nitrogen and oxygen atoms in total. The van der Waals surface area contributed by atoms with E-state index in [2.05, 4.69) is 15.2 Å². The van der Waals surface area contributed by atoms with E-state index >= 15 is 0 Å². The Morgan fingerprint density at radius 1 is 1.23 bits per heavy atom. The molecule has 4 atom stereocenters. The van der Waals surface area contributed by atoms with Gasteiger partial charge in [0.25, 0.3) is 0 Å². The fourth-order valence-corrected chi connectivity index (χ4v) is 6.78.